The Labute approximate surface area is 167 Å². The summed E-state index contributed by atoms with van der Waals surface area (Å²) in [7, 11) is 0. The molecule has 0 fully saturated rings. The lowest BCUT2D eigenvalue weighted by molar-refractivity contribution is 0.475. The third-order valence-corrected chi connectivity index (χ3v) is 6.00. The number of rotatable bonds is 1. The van der Waals surface area contributed by atoms with Crippen LogP contribution in [0.5, 0.6) is 17.2 Å². The first kappa shape index (κ1) is 16.2. The van der Waals surface area contributed by atoms with E-state index < -0.39 is 0 Å². The number of aromatic nitrogens is 1. The van der Waals surface area contributed by atoms with Gasteiger partial charge in [-0.25, -0.2) is 4.98 Å². The maximum atomic E-state index is 10.6. The van der Waals surface area contributed by atoms with Crippen molar-refractivity contribution in [2.24, 2.45) is 0 Å². The predicted molar refractivity (Wildman–Crippen MR) is 111 cm³/mol. The van der Waals surface area contributed by atoms with E-state index in [4.69, 9.17) is 4.98 Å². The summed E-state index contributed by atoms with van der Waals surface area (Å²) in [5, 5.41) is 31.2. The molecule has 0 unspecified atom stereocenters. The minimum Gasteiger partial charge on any atom is -0.508 e. The van der Waals surface area contributed by atoms with E-state index in [9.17, 15) is 15.3 Å². The highest BCUT2D eigenvalue weighted by Crippen LogP contribution is 2.52. The third-order valence-electron chi connectivity index (χ3n) is 6.00. The van der Waals surface area contributed by atoms with Gasteiger partial charge in [0.1, 0.15) is 17.2 Å². The van der Waals surface area contributed by atoms with E-state index in [2.05, 4.69) is 0 Å². The van der Waals surface area contributed by atoms with Gasteiger partial charge >= 0.3 is 0 Å². The van der Waals surface area contributed by atoms with Crippen molar-refractivity contribution in [3.63, 3.8) is 0 Å². The summed E-state index contributed by atoms with van der Waals surface area (Å²) in [5.74, 6) is 0.635. The fraction of sp³-hybridized carbons (Fsp3) is 0.0800. The summed E-state index contributed by atoms with van der Waals surface area (Å²) in [6, 6.07) is 18.3. The molecular formula is C25H17NO3. The molecule has 140 valence electrons. The van der Waals surface area contributed by atoms with Gasteiger partial charge in [0.15, 0.2) is 0 Å². The van der Waals surface area contributed by atoms with Gasteiger partial charge in [0.05, 0.1) is 11.4 Å². The van der Waals surface area contributed by atoms with Crippen LogP contribution in [0.2, 0.25) is 0 Å². The number of nitrogens with zero attached hydrogens (tertiary/aromatic N) is 1. The van der Waals surface area contributed by atoms with E-state index in [1.165, 1.54) is 0 Å². The minimum absolute atomic E-state index is 0.207. The minimum atomic E-state index is 0.207. The van der Waals surface area contributed by atoms with Crippen molar-refractivity contribution in [1.29, 1.82) is 0 Å². The predicted octanol–water partition coefficient (Wildman–Crippen LogP) is 5.01. The Hall–Kier alpha value is -3.79. The molecule has 1 aromatic heterocycles. The van der Waals surface area contributed by atoms with Gasteiger partial charge < -0.3 is 15.3 Å². The summed E-state index contributed by atoms with van der Waals surface area (Å²) in [5.41, 5.74) is 9.16. The summed E-state index contributed by atoms with van der Waals surface area (Å²) in [4.78, 5) is 4.96. The number of pyridine rings is 1. The second kappa shape index (κ2) is 5.61. The number of benzene rings is 3. The molecule has 29 heavy (non-hydrogen) atoms. The molecule has 2 aliphatic rings. The molecule has 0 saturated carbocycles. The first-order valence-corrected chi connectivity index (χ1v) is 9.59. The second-order valence-electron chi connectivity index (χ2n) is 7.67. The van der Waals surface area contributed by atoms with Crippen LogP contribution in [0.15, 0.2) is 60.7 Å². The topological polar surface area (TPSA) is 73.6 Å². The van der Waals surface area contributed by atoms with Crippen molar-refractivity contribution >= 4 is 0 Å². The van der Waals surface area contributed by atoms with Crippen LogP contribution in [0.4, 0.5) is 0 Å². The molecule has 4 aromatic rings. The van der Waals surface area contributed by atoms with Crippen LogP contribution in [0.1, 0.15) is 22.3 Å². The maximum absolute atomic E-state index is 10.6. The largest absolute Gasteiger partial charge is 0.508 e. The second-order valence-corrected chi connectivity index (χ2v) is 7.67. The highest BCUT2D eigenvalue weighted by atomic mass is 16.3. The molecule has 0 amide bonds. The summed E-state index contributed by atoms with van der Waals surface area (Å²) in [6.07, 6.45) is 1.35. The zero-order valence-corrected chi connectivity index (χ0v) is 15.5. The lowest BCUT2D eigenvalue weighted by atomic mass is 9.92. The van der Waals surface area contributed by atoms with Crippen molar-refractivity contribution < 1.29 is 15.3 Å². The Morgan fingerprint density at radius 1 is 0.621 bits per heavy atom. The molecule has 1 heterocycles. The molecule has 4 nitrogen and oxygen atoms in total. The van der Waals surface area contributed by atoms with Crippen molar-refractivity contribution in [1.82, 2.24) is 4.98 Å². The third kappa shape index (κ3) is 2.17. The maximum Gasteiger partial charge on any atom is 0.125 e. The van der Waals surface area contributed by atoms with E-state index in [-0.39, 0.29) is 17.2 Å². The number of fused-ring (bicyclic) bond motifs is 6. The van der Waals surface area contributed by atoms with Crippen LogP contribution in [0.25, 0.3) is 33.6 Å². The van der Waals surface area contributed by atoms with E-state index in [1.807, 2.05) is 36.4 Å². The zero-order valence-electron chi connectivity index (χ0n) is 15.5. The van der Waals surface area contributed by atoms with Gasteiger partial charge in [-0.2, -0.15) is 0 Å². The molecule has 0 radical (unpaired) electrons. The van der Waals surface area contributed by atoms with Crippen molar-refractivity contribution in [3.8, 4) is 50.9 Å². The van der Waals surface area contributed by atoms with E-state index in [0.29, 0.717) is 12.8 Å². The quantitative estimate of drug-likeness (QED) is 0.376. The fourth-order valence-electron chi connectivity index (χ4n) is 4.83. The molecule has 0 bridgehead atoms. The van der Waals surface area contributed by atoms with Crippen LogP contribution >= 0.6 is 0 Å². The Bertz CT molecular complexity index is 1260. The van der Waals surface area contributed by atoms with Gasteiger partial charge in [0.25, 0.3) is 0 Å². The van der Waals surface area contributed by atoms with Gasteiger partial charge in [-0.15, -0.1) is 0 Å². The molecular weight excluding hydrogens is 362 g/mol. The summed E-state index contributed by atoms with van der Waals surface area (Å²) in [6.45, 7) is 0. The Balaban J connectivity index is 1.74. The number of aromatic hydroxyl groups is 3. The van der Waals surface area contributed by atoms with Gasteiger partial charge in [-0.05, 0) is 57.6 Å². The highest BCUT2D eigenvalue weighted by molar-refractivity contribution is 5.93. The molecule has 6 rings (SSSR count). The van der Waals surface area contributed by atoms with E-state index in [1.54, 1.807) is 24.3 Å². The molecule has 3 N–H and O–H groups in total. The molecule has 0 atom stereocenters. The van der Waals surface area contributed by atoms with Crippen molar-refractivity contribution in [2.75, 3.05) is 0 Å². The summed E-state index contributed by atoms with van der Waals surface area (Å²) >= 11 is 0. The molecule has 0 spiro atoms. The van der Waals surface area contributed by atoms with Gasteiger partial charge in [-0.3, -0.25) is 0 Å². The standard InChI is InChI=1S/C25H17NO3/c27-16-7-1-4-13(10-16)21-17-11-14-5-2-8-19(28)22(14)24(17)26-25-18(21)12-15-6-3-9-20(29)23(15)25/h1-10,27-29H,11-12H2. The first-order valence-electron chi connectivity index (χ1n) is 9.59. The fourth-order valence-corrected chi connectivity index (χ4v) is 4.83. The average molecular weight is 379 g/mol. The zero-order chi connectivity index (χ0) is 19.7. The van der Waals surface area contributed by atoms with Crippen LogP contribution in [0, 0.1) is 0 Å². The highest BCUT2D eigenvalue weighted by Gasteiger charge is 2.34. The molecule has 0 saturated heterocycles. The van der Waals surface area contributed by atoms with Crippen LogP contribution in [-0.4, -0.2) is 20.3 Å². The monoisotopic (exact) mass is 379 g/mol. The Kier molecular flexibility index (Phi) is 3.13. The molecule has 2 aliphatic carbocycles. The van der Waals surface area contributed by atoms with E-state index in [0.717, 1.165) is 55.9 Å². The van der Waals surface area contributed by atoms with Gasteiger partial charge in [0, 0.05) is 24.0 Å². The summed E-state index contributed by atoms with van der Waals surface area (Å²) < 4.78 is 0. The van der Waals surface area contributed by atoms with Gasteiger partial charge in [-0.1, -0.05) is 36.4 Å². The Morgan fingerprint density at radius 3 is 1.72 bits per heavy atom. The number of hydrogen-bond donors (Lipinski definition) is 3. The number of hydrogen-bond acceptors (Lipinski definition) is 4. The molecule has 3 aromatic carbocycles. The number of phenols is 3. The van der Waals surface area contributed by atoms with Crippen LogP contribution in [-0.2, 0) is 12.8 Å². The molecule has 4 heteroatoms. The van der Waals surface area contributed by atoms with Crippen LogP contribution < -0.4 is 0 Å². The SMILES string of the molecule is Oc1cccc(-c2c3c(nc4c2Cc2cccc(O)c2-4)-c2c(O)cccc2C3)c1. The smallest absolute Gasteiger partial charge is 0.125 e. The number of phenolic OH excluding ortho intramolecular Hbond substituents is 3. The lowest BCUT2D eigenvalue weighted by Gasteiger charge is -2.15. The van der Waals surface area contributed by atoms with Gasteiger partial charge in [0.2, 0.25) is 0 Å². The van der Waals surface area contributed by atoms with Crippen molar-refractivity contribution in [2.45, 2.75) is 12.8 Å². The van der Waals surface area contributed by atoms with E-state index >= 15 is 0 Å². The average Bonchev–Trinajstić information content (AvgIpc) is 3.25. The molecule has 0 aliphatic heterocycles. The first-order chi connectivity index (χ1) is 14.1. The normalized spacial score (nSPS) is 13.0. The lowest BCUT2D eigenvalue weighted by Crippen LogP contribution is -1.98. The van der Waals surface area contributed by atoms with Crippen LogP contribution in [0.3, 0.4) is 0 Å². The Morgan fingerprint density at radius 2 is 1.17 bits per heavy atom. The van der Waals surface area contributed by atoms with Crippen molar-refractivity contribution in [3.05, 3.63) is 82.9 Å².